The van der Waals surface area contributed by atoms with E-state index in [1.54, 1.807) is 0 Å². The average Bonchev–Trinajstić information content (AvgIpc) is 2.33. The molecule has 0 bridgehead atoms. The van der Waals surface area contributed by atoms with Crippen LogP contribution in [0.1, 0.15) is 40.0 Å². The molecule has 0 atom stereocenters. The number of likely N-dealkylation sites (tertiary alicyclic amines) is 2. The Morgan fingerprint density at radius 2 is 1.80 bits per heavy atom. The third kappa shape index (κ3) is 3.73. The topological polar surface area (TPSA) is 26.8 Å². The number of hydrogen-bond donors (Lipinski definition) is 0. The zero-order valence-corrected chi connectivity index (χ0v) is 13.6. The molecular weight excluding hydrogens is 250 g/mol. The largest absolute Gasteiger partial charge is 0.339 e. The van der Waals surface area contributed by atoms with Crippen LogP contribution in [0.3, 0.4) is 0 Å². The Morgan fingerprint density at radius 1 is 1.20 bits per heavy atom. The molecule has 2 aliphatic rings. The van der Waals surface area contributed by atoms with Crippen LogP contribution in [-0.4, -0.2) is 72.5 Å². The molecule has 4 nitrogen and oxygen atoms in total. The van der Waals surface area contributed by atoms with Gasteiger partial charge in [-0.3, -0.25) is 9.69 Å². The molecule has 2 heterocycles. The second kappa shape index (κ2) is 6.90. The van der Waals surface area contributed by atoms with E-state index < -0.39 is 0 Å². The van der Waals surface area contributed by atoms with Gasteiger partial charge in [0.15, 0.2) is 0 Å². The maximum absolute atomic E-state index is 12.0. The zero-order valence-electron chi connectivity index (χ0n) is 13.6. The molecular formula is C16H31N3O. The van der Waals surface area contributed by atoms with Crippen LogP contribution >= 0.6 is 0 Å². The molecule has 116 valence electrons. The summed E-state index contributed by atoms with van der Waals surface area (Å²) in [5.74, 6) is 0.813. The molecule has 20 heavy (non-hydrogen) atoms. The highest BCUT2D eigenvalue weighted by molar-refractivity contribution is 5.77. The van der Waals surface area contributed by atoms with Gasteiger partial charge in [-0.15, -0.1) is 0 Å². The van der Waals surface area contributed by atoms with Crippen LogP contribution in [0.5, 0.6) is 0 Å². The molecule has 0 aromatic heterocycles. The zero-order chi connectivity index (χ0) is 14.7. The molecule has 2 rings (SSSR count). The Hall–Kier alpha value is -0.610. The fraction of sp³-hybridized carbons (Fsp3) is 0.938. The standard InChI is InChI=1S/C16H31N3O/c1-5-19(14-6-8-17(4)9-7-14)15-11-18(12-15)16(20)10-13(2)3/h13-15H,5-12H2,1-4H3. The number of nitrogens with zero attached hydrogens (tertiary/aromatic N) is 3. The van der Waals surface area contributed by atoms with Gasteiger partial charge in [-0.05, 0) is 45.4 Å². The highest BCUT2D eigenvalue weighted by Crippen LogP contribution is 2.24. The summed E-state index contributed by atoms with van der Waals surface area (Å²) in [6.07, 6.45) is 3.26. The number of piperidine rings is 1. The lowest BCUT2D eigenvalue weighted by Gasteiger charge is -2.49. The Balaban J connectivity index is 1.79. The molecule has 0 radical (unpaired) electrons. The van der Waals surface area contributed by atoms with E-state index >= 15 is 0 Å². The first-order chi connectivity index (χ1) is 9.51. The fourth-order valence-corrected chi connectivity index (χ4v) is 3.49. The van der Waals surface area contributed by atoms with E-state index in [4.69, 9.17) is 0 Å². The number of likely N-dealkylation sites (N-methyl/N-ethyl adjacent to an activating group) is 1. The van der Waals surface area contributed by atoms with E-state index in [0.717, 1.165) is 25.7 Å². The highest BCUT2D eigenvalue weighted by Gasteiger charge is 2.37. The van der Waals surface area contributed by atoms with Crippen LogP contribution in [0.25, 0.3) is 0 Å². The molecule has 0 N–H and O–H groups in total. The maximum Gasteiger partial charge on any atom is 0.222 e. The third-order valence-corrected chi connectivity index (χ3v) is 4.79. The van der Waals surface area contributed by atoms with E-state index in [-0.39, 0.29) is 0 Å². The van der Waals surface area contributed by atoms with Crippen LogP contribution in [0.15, 0.2) is 0 Å². The minimum atomic E-state index is 0.343. The monoisotopic (exact) mass is 281 g/mol. The quantitative estimate of drug-likeness (QED) is 0.767. The van der Waals surface area contributed by atoms with Gasteiger partial charge >= 0.3 is 0 Å². The number of amides is 1. The molecule has 0 spiro atoms. The van der Waals surface area contributed by atoms with E-state index in [2.05, 4.69) is 37.6 Å². The fourth-order valence-electron chi connectivity index (χ4n) is 3.49. The van der Waals surface area contributed by atoms with Crippen molar-refractivity contribution in [3.63, 3.8) is 0 Å². The molecule has 0 saturated carbocycles. The van der Waals surface area contributed by atoms with Gasteiger partial charge in [0.25, 0.3) is 0 Å². The number of carbonyl (C=O) groups excluding carboxylic acids is 1. The minimum absolute atomic E-state index is 0.343. The smallest absolute Gasteiger partial charge is 0.222 e. The second-order valence-electron chi connectivity index (χ2n) is 6.92. The molecule has 1 amide bonds. The average molecular weight is 281 g/mol. The van der Waals surface area contributed by atoms with Crippen molar-refractivity contribution in [3.05, 3.63) is 0 Å². The lowest BCUT2D eigenvalue weighted by molar-refractivity contribution is -0.140. The van der Waals surface area contributed by atoms with Gasteiger partial charge < -0.3 is 9.80 Å². The third-order valence-electron chi connectivity index (χ3n) is 4.79. The summed E-state index contributed by atoms with van der Waals surface area (Å²) in [4.78, 5) is 19.1. The number of hydrogen-bond acceptors (Lipinski definition) is 3. The molecule has 0 aromatic carbocycles. The Bertz CT molecular complexity index is 318. The van der Waals surface area contributed by atoms with Gasteiger partial charge in [0.05, 0.1) is 0 Å². The highest BCUT2D eigenvalue weighted by atomic mass is 16.2. The van der Waals surface area contributed by atoms with Crippen LogP contribution in [-0.2, 0) is 4.79 Å². The van der Waals surface area contributed by atoms with Crippen molar-refractivity contribution in [1.29, 1.82) is 0 Å². The summed E-state index contributed by atoms with van der Waals surface area (Å²) in [5, 5.41) is 0. The SMILES string of the molecule is CCN(C1CCN(C)CC1)C1CN(C(=O)CC(C)C)C1. The van der Waals surface area contributed by atoms with Gasteiger partial charge in [0, 0.05) is 31.6 Å². The van der Waals surface area contributed by atoms with Gasteiger partial charge in [0.1, 0.15) is 0 Å². The second-order valence-corrected chi connectivity index (χ2v) is 6.92. The van der Waals surface area contributed by atoms with E-state index in [0.29, 0.717) is 24.3 Å². The summed E-state index contributed by atoms with van der Waals surface area (Å²) < 4.78 is 0. The predicted molar refractivity (Wildman–Crippen MR) is 82.7 cm³/mol. The van der Waals surface area contributed by atoms with Crippen molar-refractivity contribution in [2.45, 2.75) is 52.1 Å². The Morgan fingerprint density at radius 3 is 2.30 bits per heavy atom. The van der Waals surface area contributed by atoms with Gasteiger partial charge in [-0.25, -0.2) is 0 Å². The lowest BCUT2D eigenvalue weighted by atomic mass is 9.97. The van der Waals surface area contributed by atoms with Gasteiger partial charge in [0.2, 0.25) is 5.91 Å². The van der Waals surface area contributed by atoms with E-state index in [1.165, 1.54) is 25.9 Å². The molecule has 0 aromatic rings. The summed E-state index contributed by atoms with van der Waals surface area (Å²) in [6, 6.07) is 1.33. The van der Waals surface area contributed by atoms with Crippen molar-refractivity contribution in [3.8, 4) is 0 Å². The normalized spacial score (nSPS) is 22.6. The summed E-state index contributed by atoms with van der Waals surface area (Å²) in [7, 11) is 2.21. The number of carbonyl (C=O) groups is 1. The van der Waals surface area contributed by atoms with Crippen molar-refractivity contribution in [1.82, 2.24) is 14.7 Å². The molecule has 2 saturated heterocycles. The van der Waals surface area contributed by atoms with Gasteiger partial charge in [-0.2, -0.15) is 0 Å². The summed E-state index contributed by atoms with van der Waals surface area (Å²) in [6.45, 7) is 11.9. The lowest BCUT2D eigenvalue weighted by Crippen LogP contribution is -2.64. The van der Waals surface area contributed by atoms with Crippen molar-refractivity contribution >= 4 is 5.91 Å². The predicted octanol–water partition coefficient (Wildman–Crippen LogP) is 1.66. The summed E-state index contributed by atoms with van der Waals surface area (Å²) >= 11 is 0. The molecule has 0 unspecified atom stereocenters. The Kier molecular flexibility index (Phi) is 5.44. The first kappa shape index (κ1) is 15.8. The Labute approximate surface area is 124 Å². The van der Waals surface area contributed by atoms with Crippen LogP contribution in [0.4, 0.5) is 0 Å². The molecule has 0 aliphatic carbocycles. The molecule has 4 heteroatoms. The first-order valence-corrected chi connectivity index (χ1v) is 8.23. The molecule has 2 aliphatic heterocycles. The van der Waals surface area contributed by atoms with E-state index in [9.17, 15) is 4.79 Å². The van der Waals surface area contributed by atoms with Crippen LogP contribution < -0.4 is 0 Å². The molecule has 2 fully saturated rings. The first-order valence-electron chi connectivity index (χ1n) is 8.23. The van der Waals surface area contributed by atoms with E-state index in [1.807, 2.05) is 4.90 Å². The van der Waals surface area contributed by atoms with Crippen molar-refractivity contribution in [2.75, 3.05) is 39.8 Å². The van der Waals surface area contributed by atoms with Crippen molar-refractivity contribution in [2.24, 2.45) is 5.92 Å². The maximum atomic E-state index is 12.0. The number of rotatable bonds is 5. The minimum Gasteiger partial charge on any atom is -0.339 e. The van der Waals surface area contributed by atoms with Gasteiger partial charge in [-0.1, -0.05) is 20.8 Å². The van der Waals surface area contributed by atoms with Crippen LogP contribution in [0, 0.1) is 5.92 Å². The van der Waals surface area contributed by atoms with Crippen LogP contribution in [0.2, 0.25) is 0 Å². The summed E-state index contributed by atoms with van der Waals surface area (Å²) in [5.41, 5.74) is 0. The van der Waals surface area contributed by atoms with Crippen molar-refractivity contribution < 1.29 is 4.79 Å².